The van der Waals surface area contributed by atoms with Crippen LogP contribution in [0.3, 0.4) is 0 Å². The average Bonchev–Trinajstić information content (AvgIpc) is 3.14. The second kappa shape index (κ2) is 35.4. The Kier molecular flexibility index (Phi) is 33.1. The van der Waals surface area contributed by atoms with Gasteiger partial charge in [0.2, 0.25) is 0 Å². The molecule has 6 atom stereocenters. The number of carbonyl (C=O) groups is 1. The smallest absolute Gasteiger partial charge is 0.306 e. The molecule has 6 unspecified atom stereocenters. The first-order valence-corrected chi connectivity index (χ1v) is 21.4. The maximum absolute atomic E-state index is 12.7. The van der Waals surface area contributed by atoms with Crippen LogP contribution in [-0.2, 0) is 23.7 Å². The summed E-state index contributed by atoms with van der Waals surface area (Å²) in [5.41, 5.74) is 0. The van der Waals surface area contributed by atoms with Crippen molar-refractivity contribution in [1.29, 1.82) is 0 Å². The fourth-order valence-electron chi connectivity index (χ4n) is 6.46. The van der Waals surface area contributed by atoms with Gasteiger partial charge in [-0.1, -0.05) is 154 Å². The molecule has 0 bridgehead atoms. The Morgan fingerprint density at radius 1 is 0.615 bits per heavy atom. The van der Waals surface area contributed by atoms with Crippen LogP contribution in [0.15, 0.2) is 24.3 Å². The second-order valence-electron chi connectivity index (χ2n) is 14.8. The van der Waals surface area contributed by atoms with E-state index in [1.807, 2.05) is 0 Å². The molecule has 0 saturated carbocycles. The lowest BCUT2D eigenvalue weighted by molar-refractivity contribution is -0.305. The molecule has 9 heteroatoms. The first-order chi connectivity index (χ1) is 25.4. The number of rotatable bonds is 36. The van der Waals surface area contributed by atoms with Crippen LogP contribution < -0.4 is 0 Å². The molecule has 52 heavy (non-hydrogen) atoms. The van der Waals surface area contributed by atoms with Gasteiger partial charge in [0, 0.05) is 13.0 Å². The number of allylic oxidation sites excluding steroid dienone is 4. The maximum Gasteiger partial charge on any atom is 0.306 e. The van der Waals surface area contributed by atoms with Crippen LogP contribution >= 0.6 is 0 Å². The molecule has 4 N–H and O–H groups in total. The van der Waals surface area contributed by atoms with E-state index in [2.05, 4.69) is 38.2 Å². The van der Waals surface area contributed by atoms with E-state index < -0.39 is 43.4 Å². The predicted molar refractivity (Wildman–Crippen MR) is 210 cm³/mol. The van der Waals surface area contributed by atoms with E-state index in [1.165, 1.54) is 116 Å². The van der Waals surface area contributed by atoms with E-state index in [0.717, 1.165) is 44.9 Å². The number of ether oxygens (including phenoxy) is 4. The van der Waals surface area contributed by atoms with Gasteiger partial charge in [-0.2, -0.15) is 0 Å². The summed E-state index contributed by atoms with van der Waals surface area (Å²) >= 11 is 0. The third-order valence-corrected chi connectivity index (χ3v) is 9.87. The molecule has 1 heterocycles. The van der Waals surface area contributed by atoms with Gasteiger partial charge in [0.25, 0.3) is 0 Å². The van der Waals surface area contributed by atoms with E-state index in [9.17, 15) is 25.2 Å². The Bertz CT molecular complexity index is 848. The van der Waals surface area contributed by atoms with Gasteiger partial charge in [-0.15, -0.1) is 0 Å². The van der Waals surface area contributed by atoms with Crippen LogP contribution in [-0.4, -0.2) is 89.6 Å². The highest BCUT2D eigenvalue weighted by Gasteiger charge is 2.44. The molecule has 1 aliphatic rings. The van der Waals surface area contributed by atoms with E-state index >= 15 is 0 Å². The normalized spacial score (nSPS) is 21.4. The van der Waals surface area contributed by atoms with Crippen molar-refractivity contribution < 1.29 is 44.2 Å². The lowest BCUT2D eigenvalue weighted by atomic mass is 9.99. The van der Waals surface area contributed by atoms with Gasteiger partial charge < -0.3 is 39.4 Å². The summed E-state index contributed by atoms with van der Waals surface area (Å²) in [6.07, 6.45) is 32.0. The molecular weight excluding hydrogens is 660 g/mol. The Labute approximate surface area is 317 Å². The minimum Gasteiger partial charge on any atom is -0.457 e. The molecule has 0 amide bonds. The first-order valence-electron chi connectivity index (χ1n) is 21.4. The summed E-state index contributed by atoms with van der Waals surface area (Å²) in [5, 5.41) is 40.0. The molecule has 0 aromatic carbocycles. The lowest BCUT2D eigenvalue weighted by Gasteiger charge is -2.39. The van der Waals surface area contributed by atoms with Crippen LogP contribution in [0.1, 0.15) is 181 Å². The second-order valence-corrected chi connectivity index (χ2v) is 14.8. The quantitative estimate of drug-likeness (QED) is 0.0282. The molecular formula is C43H80O9. The van der Waals surface area contributed by atoms with Crippen LogP contribution in [0.2, 0.25) is 0 Å². The monoisotopic (exact) mass is 741 g/mol. The minimum absolute atomic E-state index is 0.113. The lowest BCUT2D eigenvalue weighted by Crippen LogP contribution is -2.59. The summed E-state index contributed by atoms with van der Waals surface area (Å²) in [6.45, 7) is 4.54. The van der Waals surface area contributed by atoms with Crippen LogP contribution in [0.25, 0.3) is 0 Å². The summed E-state index contributed by atoms with van der Waals surface area (Å²) in [4.78, 5) is 12.7. The first kappa shape index (κ1) is 48.7. The largest absolute Gasteiger partial charge is 0.457 e. The highest BCUT2D eigenvalue weighted by atomic mass is 16.7. The molecule has 1 saturated heterocycles. The molecule has 0 aromatic heterocycles. The van der Waals surface area contributed by atoms with E-state index in [4.69, 9.17) is 18.9 Å². The summed E-state index contributed by atoms with van der Waals surface area (Å²) in [7, 11) is 0. The van der Waals surface area contributed by atoms with Crippen molar-refractivity contribution in [3.63, 3.8) is 0 Å². The van der Waals surface area contributed by atoms with Crippen molar-refractivity contribution >= 4 is 5.97 Å². The molecule has 0 radical (unpaired) electrons. The third-order valence-electron chi connectivity index (χ3n) is 9.87. The van der Waals surface area contributed by atoms with Gasteiger partial charge in [0.05, 0.1) is 19.8 Å². The zero-order valence-electron chi connectivity index (χ0n) is 33.3. The summed E-state index contributed by atoms with van der Waals surface area (Å²) in [5.74, 6) is -0.321. The molecule has 1 rings (SSSR count). The standard InChI is InChI=1S/C43H80O9/c1-3-5-7-9-11-13-15-16-17-18-19-20-21-22-24-26-28-30-32-39(45)51-37(36-50-43-42(48)41(47)40(46)38(34-44)52-43)35-49-33-31-29-27-25-23-14-12-10-8-6-4-2/h13,15,17-18,37-38,40-44,46-48H,3-12,14,16,19-36H2,1-2H3/b15-13-,18-17-. The minimum atomic E-state index is -1.53. The SMILES string of the molecule is CCCCCC/C=C\C/C=C\CCCCCCCCCC(=O)OC(COCCCCCCCCCCCCC)COC1OC(CO)C(O)C(O)C1O. The highest BCUT2D eigenvalue weighted by Crippen LogP contribution is 2.22. The number of carbonyl (C=O) groups excluding carboxylic acids is 1. The topological polar surface area (TPSA) is 135 Å². The van der Waals surface area contributed by atoms with Gasteiger partial charge in [-0.05, 0) is 44.9 Å². The zero-order chi connectivity index (χ0) is 37.9. The third kappa shape index (κ3) is 26.4. The van der Waals surface area contributed by atoms with E-state index in [0.29, 0.717) is 13.0 Å². The molecule has 306 valence electrons. The van der Waals surface area contributed by atoms with Gasteiger partial charge >= 0.3 is 5.97 Å². The maximum atomic E-state index is 12.7. The van der Waals surface area contributed by atoms with Crippen molar-refractivity contribution in [2.24, 2.45) is 0 Å². The predicted octanol–water partition coefficient (Wildman–Crippen LogP) is 9.03. The highest BCUT2D eigenvalue weighted by molar-refractivity contribution is 5.69. The molecule has 0 spiro atoms. The fraction of sp³-hybridized carbons (Fsp3) is 0.884. The van der Waals surface area contributed by atoms with Gasteiger partial charge in [0.1, 0.15) is 30.5 Å². The molecule has 9 nitrogen and oxygen atoms in total. The van der Waals surface area contributed by atoms with E-state index in [-0.39, 0.29) is 19.2 Å². The number of esters is 1. The van der Waals surface area contributed by atoms with Gasteiger partial charge in [0.15, 0.2) is 6.29 Å². The Morgan fingerprint density at radius 2 is 1.12 bits per heavy atom. The number of aliphatic hydroxyl groups excluding tert-OH is 4. The Hall–Kier alpha value is -1.33. The molecule has 1 fully saturated rings. The van der Waals surface area contributed by atoms with Crippen molar-refractivity contribution in [2.45, 2.75) is 218 Å². The summed E-state index contributed by atoms with van der Waals surface area (Å²) < 4.78 is 22.7. The van der Waals surface area contributed by atoms with Gasteiger partial charge in [-0.3, -0.25) is 4.79 Å². The number of aliphatic hydroxyl groups is 4. The van der Waals surface area contributed by atoms with Crippen LogP contribution in [0.4, 0.5) is 0 Å². The molecule has 1 aliphatic heterocycles. The molecule has 0 aromatic rings. The van der Waals surface area contributed by atoms with Gasteiger partial charge in [-0.25, -0.2) is 0 Å². The van der Waals surface area contributed by atoms with Crippen LogP contribution in [0, 0.1) is 0 Å². The summed E-state index contributed by atoms with van der Waals surface area (Å²) in [6, 6.07) is 0. The Balaban J connectivity index is 2.27. The fourth-order valence-corrected chi connectivity index (χ4v) is 6.46. The van der Waals surface area contributed by atoms with E-state index in [1.54, 1.807) is 0 Å². The van der Waals surface area contributed by atoms with Crippen molar-refractivity contribution in [3.05, 3.63) is 24.3 Å². The van der Waals surface area contributed by atoms with Crippen molar-refractivity contribution in [1.82, 2.24) is 0 Å². The van der Waals surface area contributed by atoms with Crippen molar-refractivity contribution in [3.8, 4) is 0 Å². The number of unbranched alkanes of at least 4 members (excludes halogenated alkanes) is 21. The van der Waals surface area contributed by atoms with Crippen LogP contribution in [0.5, 0.6) is 0 Å². The molecule has 0 aliphatic carbocycles. The number of hydrogen-bond donors (Lipinski definition) is 4. The average molecular weight is 741 g/mol. The Morgan fingerprint density at radius 3 is 1.67 bits per heavy atom. The van der Waals surface area contributed by atoms with Crippen molar-refractivity contribution in [2.75, 3.05) is 26.4 Å². The zero-order valence-corrected chi connectivity index (χ0v) is 33.3. The number of hydrogen-bond acceptors (Lipinski definition) is 9.